The smallest absolute Gasteiger partial charge is 0.158 e. The Bertz CT molecular complexity index is 2380. The summed E-state index contributed by atoms with van der Waals surface area (Å²) >= 11 is 0. The normalized spacial score (nSPS) is 13.1. The van der Waals surface area contributed by atoms with Crippen LogP contribution in [0.5, 0.6) is 11.5 Å². The molecule has 0 amide bonds. The molecule has 0 fully saturated rings. The quantitative estimate of drug-likeness (QED) is 0.178. The van der Waals surface area contributed by atoms with E-state index in [1.54, 1.807) is 0 Å². The molecule has 1 aliphatic rings. The molecule has 0 radical (unpaired) electrons. The number of fused-ring (bicyclic) bond motifs is 4. The topological polar surface area (TPSA) is 46.4 Å². The van der Waals surface area contributed by atoms with Gasteiger partial charge in [-0.2, -0.15) is 0 Å². The van der Waals surface area contributed by atoms with Crippen LogP contribution in [0.3, 0.4) is 0 Å². The minimum Gasteiger partial charge on any atom is -0.457 e. The van der Waals surface area contributed by atoms with Crippen LogP contribution in [0.2, 0.25) is 0 Å². The van der Waals surface area contributed by atoms with Crippen LogP contribution in [0.1, 0.15) is 62.8 Å². The lowest BCUT2D eigenvalue weighted by molar-refractivity contribution is 0.483. The van der Waals surface area contributed by atoms with Crippen molar-refractivity contribution in [3.05, 3.63) is 138 Å². The first-order valence-electron chi connectivity index (χ1n) is 17.5. The highest BCUT2D eigenvalue weighted by molar-refractivity contribution is 6.09. The van der Waals surface area contributed by atoms with E-state index in [0.29, 0.717) is 12.6 Å². The van der Waals surface area contributed by atoms with E-state index in [0.717, 1.165) is 50.9 Å². The van der Waals surface area contributed by atoms with Gasteiger partial charge in [-0.15, -0.1) is 0 Å². The number of nitrogens with zero attached hydrogens (tertiary/aromatic N) is 5. The Morgan fingerprint density at radius 2 is 1.44 bits per heavy atom. The lowest BCUT2D eigenvalue weighted by Gasteiger charge is -2.25. The number of aromatic nitrogens is 3. The second kappa shape index (κ2) is 12.1. The highest BCUT2D eigenvalue weighted by Gasteiger charge is 2.31. The SMILES string of the molecule is Cc1cc(C(C)C)cc(C)c1N1CN(c2cccc(Oc3ccc4c5ccccc5n(-c5cc(C(C)(C)C)ccn5)c4c3)c2)c2cccnc21. The molecule has 4 heterocycles. The lowest BCUT2D eigenvalue weighted by Crippen LogP contribution is -2.25. The molecule has 0 saturated carbocycles. The Kier molecular flexibility index (Phi) is 7.63. The molecule has 1 aliphatic heterocycles. The molecule has 0 aliphatic carbocycles. The zero-order chi connectivity index (χ0) is 34.7. The summed E-state index contributed by atoms with van der Waals surface area (Å²) in [5.41, 5.74) is 10.7. The number of aryl methyl sites for hydroxylation is 2. The lowest BCUT2D eigenvalue weighted by atomic mass is 9.88. The van der Waals surface area contributed by atoms with Gasteiger partial charge in [0.25, 0.3) is 0 Å². The van der Waals surface area contributed by atoms with E-state index in [-0.39, 0.29) is 5.41 Å². The van der Waals surface area contributed by atoms with E-state index < -0.39 is 0 Å². The Hall–Kier alpha value is -5.62. The molecule has 0 unspecified atom stereocenters. The fourth-order valence-corrected chi connectivity index (χ4v) is 7.36. The van der Waals surface area contributed by atoms with Crippen LogP contribution in [0.15, 0.2) is 116 Å². The molecule has 6 heteroatoms. The van der Waals surface area contributed by atoms with Crippen molar-refractivity contribution < 1.29 is 4.74 Å². The maximum atomic E-state index is 6.64. The number of rotatable bonds is 6. The van der Waals surface area contributed by atoms with Crippen molar-refractivity contribution in [3.63, 3.8) is 0 Å². The zero-order valence-electron chi connectivity index (χ0n) is 29.9. The molecular formula is C44H43N5O. The molecular weight excluding hydrogens is 615 g/mol. The second-order valence-electron chi connectivity index (χ2n) is 14.8. The number of anilines is 4. The van der Waals surface area contributed by atoms with Gasteiger partial charge in [0.2, 0.25) is 0 Å². The van der Waals surface area contributed by atoms with Crippen molar-refractivity contribution in [2.75, 3.05) is 16.5 Å². The Morgan fingerprint density at radius 1 is 0.680 bits per heavy atom. The van der Waals surface area contributed by atoms with Crippen LogP contribution < -0.4 is 14.5 Å². The summed E-state index contributed by atoms with van der Waals surface area (Å²) in [7, 11) is 0. The monoisotopic (exact) mass is 657 g/mol. The first-order chi connectivity index (χ1) is 24.1. The fourth-order valence-electron chi connectivity index (χ4n) is 7.36. The van der Waals surface area contributed by atoms with Crippen molar-refractivity contribution in [1.82, 2.24) is 14.5 Å². The minimum atomic E-state index is 0.00866. The van der Waals surface area contributed by atoms with Crippen LogP contribution in [-0.2, 0) is 5.41 Å². The summed E-state index contributed by atoms with van der Waals surface area (Å²) in [6.07, 6.45) is 3.80. The Balaban J connectivity index is 1.15. The van der Waals surface area contributed by atoms with Gasteiger partial charge in [-0.05, 0) is 102 Å². The van der Waals surface area contributed by atoms with Gasteiger partial charge in [-0.3, -0.25) is 4.57 Å². The molecule has 0 atom stereocenters. The molecule has 50 heavy (non-hydrogen) atoms. The van der Waals surface area contributed by atoms with Gasteiger partial charge in [0.05, 0.1) is 22.4 Å². The summed E-state index contributed by atoms with van der Waals surface area (Å²) in [6, 6.07) is 36.4. The maximum Gasteiger partial charge on any atom is 0.158 e. The van der Waals surface area contributed by atoms with Gasteiger partial charge in [0.15, 0.2) is 5.82 Å². The second-order valence-corrected chi connectivity index (χ2v) is 14.8. The third-order valence-corrected chi connectivity index (χ3v) is 9.90. The van der Waals surface area contributed by atoms with Gasteiger partial charge < -0.3 is 14.5 Å². The van der Waals surface area contributed by atoms with Crippen molar-refractivity contribution in [2.24, 2.45) is 0 Å². The summed E-state index contributed by atoms with van der Waals surface area (Å²) < 4.78 is 8.89. The summed E-state index contributed by atoms with van der Waals surface area (Å²) in [4.78, 5) is 14.4. The number of hydrogen-bond donors (Lipinski definition) is 0. The van der Waals surface area contributed by atoms with Crippen LogP contribution in [0.4, 0.5) is 22.9 Å². The molecule has 250 valence electrons. The number of benzene rings is 4. The molecule has 0 spiro atoms. The van der Waals surface area contributed by atoms with E-state index in [9.17, 15) is 0 Å². The van der Waals surface area contributed by atoms with Gasteiger partial charge in [-0.25, -0.2) is 9.97 Å². The number of pyridine rings is 2. The maximum absolute atomic E-state index is 6.64. The van der Waals surface area contributed by atoms with Crippen LogP contribution in [-0.4, -0.2) is 21.2 Å². The van der Waals surface area contributed by atoms with Crippen LogP contribution in [0, 0.1) is 13.8 Å². The zero-order valence-corrected chi connectivity index (χ0v) is 29.9. The number of ether oxygens (including phenoxy) is 1. The first kappa shape index (κ1) is 31.6. The molecule has 6 nitrogen and oxygen atoms in total. The third-order valence-electron chi connectivity index (χ3n) is 9.90. The minimum absolute atomic E-state index is 0.00866. The highest BCUT2D eigenvalue weighted by atomic mass is 16.5. The van der Waals surface area contributed by atoms with Crippen molar-refractivity contribution in [3.8, 4) is 17.3 Å². The fraction of sp³-hybridized carbons (Fsp3) is 0.227. The predicted octanol–water partition coefficient (Wildman–Crippen LogP) is 11.7. The van der Waals surface area contributed by atoms with E-state index in [1.807, 2.05) is 24.5 Å². The van der Waals surface area contributed by atoms with Gasteiger partial charge in [0, 0.05) is 41.0 Å². The van der Waals surface area contributed by atoms with Gasteiger partial charge >= 0.3 is 0 Å². The van der Waals surface area contributed by atoms with E-state index in [1.165, 1.54) is 33.3 Å². The highest BCUT2D eigenvalue weighted by Crippen LogP contribution is 2.46. The van der Waals surface area contributed by atoms with Crippen LogP contribution in [0.25, 0.3) is 27.6 Å². The van der Waals surface area contributed by atoms with Crippen molar-refractivity contribution in [1.29, 1.82) is 0 Å². The summed E-state index contributed by atoms with van der Waals surface area (Å²) in [5.74, 6) is 3.88. The largest absolute Gasteiger partial charge is 0.457 e. The van der Waals surface area contributed by atoms with E-state index >= 15 is 0 Å². The Labute approximate surface area is 294 Å². The Morgan fingerprint density at radius 3 is 2.22 bits per heavy atom. The summed E-state index contributed by atoms with van der Waals surface area (Å²) in [6.45, 7) is 16.3. The first-order valence-corrected chi connectivity index (χ1v) is 17.5. The molecule has 0 saturated heterocycles. The standard InChI is InChI=1S/C44H43N5O/c1-28(2)31-22-29(3)42(30(4)23-31)48-27-47(39-16-11-20-46-43(39)48)33-12-10-13-34(25-33)50-35-17-18-37-36-14-8-9-15-38(36)49(40(37)26-35)41-24-32(19-21-45-41)44(5,6)7/h8-26,28H,27H2,1-7H3. The molecule has 4 aromatic carbocycles. The summed E-state index contributed by atoms with van der Waals surface area (Å²) in [5, 5.41) is 2.35. The third kappa shape index (κ3) is 5.45. The van der Waals surface area contributed by atoms with E-state index in [2.05, 4.69) is 154 Å². The van der Waals surface area contributed by atoms with Gasteiger partial charge in [-0.1, -0.05) is 71.0 Å². The van der Waals surface area contributed by atoms with Crippen LogP contribution >= 0.6 is 0 Å². The molecule has 3 aromatic heterocycles. The van der Waals surface area contributed by atoms with E-state index in [4.69, 9.17) is 14.7 Å². The number of hydrogen-bond acceptors (Lipinski definition) is 5. The van der Waals surface area contributed by atoms with Crippen molar-refractivity contribution >= 4 is 44.7 Å². The molecule has 0 bridgehead atoms. The number of para-hydroxylation sites is 1. The molecule has 7 aromatic rings. The molecule has 0 N–H and O–H groups in total. The molecule has 8 rings (SSSR count). The van der Waals surface area contributed by atoms with Crippen molar-refractivity contribution in [2.45, 2.75) is 59.8 Å². The average Bonchev–Trinajstić information content (AvgIpc) is 3.64. The predicted molar refractivity (Wildman–Crippen MR) is 207 cm³/mol. The average molecular weight is 658 g/mol. The van der Waals surface area contributed by atoms with Gasteiger partial charge in [0.1, 0.15) is 24.0 Å².